The molecular weight excluding hydrogens is 238 g/mol. The van der Waals surface area contributed by atoms with E-state index in [4.69, 9.17) is 6.42 Å². The summed E-state index contributed by atoms with van der Waals surface area (Å²) in [7, 11) is 0. The number of halogens is 1. The second-order valence-electron chi connectivity index (χ2n) is 3.67. The van der Waals surface area contributed by atoms with Gasteiger partial charge in [0.15, 0.2) is 0 Å². The first-order chi connectivity index (χ1) is 6.65. The molecule has 0 radical (unpaired) electrons. The average Bonchev–Trinajstić information content (AvgIpc) is 2.13. The van der Waals surface area contributed by atoms with E-state index in [0.29, 0.717) is 11.8 Å². The van der Waals surface area contributed by atoms with Crippen LogP contribution in [-0.4, -0.2) is 4.98 Å². The maximum absolute atomic E-state index is 5.37. The van der Waals surface area contributed by atoms with Gasteiger partial charge in [-0.3, -0.25) is 0 Å². The molecule has 2 heteroatoms. The topological polar surface area (TPSA) is 12.9 Å². The highest BCUT2D eigenvalue weighted by Crippen LogP contribution is 2.28. The van der Waals surface area contributed by atoms with Crippen molar-refractivity contribution in [3.8, 4) is 12.3 Å². The van der Waals surface area contributed by atoms with Crippen LogP contribution in [0.4, 0.5) is 0 Å². The molecule has 14 heavy (non-hydrogen) atoms. The molecule has 0 spiro atoms. The van der Waals surface area contributed by atoms with E-state index >= 15 is 0 Å². The highest BCUT2D eigenvalue weighted by Gasteiger charge is 2.14. The fraction of sp³-hybridized carbons (Fsp3) is 0.417. The third-order valence-electron chi connectivity index (χ3n) is 2.32. The molecule has 0 amide bonds. The first-order valence-corrected chi connectivity index (χ1v) is 5.49. The molecule has 0 aliphatic carbocycles. The lowest BCUT2D eigenvalue weighted by molar-refractivity contribution is 0.507. The Bertz CT molecular complexity index is 338. The van der Waals surface area contributed by atoms with E-state index in [-0.39, 0.29) is 0 Å². The minimum absolute atomic E-state index is 0.430. The molecule has 1 aromatic rings. The van der Waals surface area contributed by atoms with Gasteiger partial charge in [0, 0.05) is 12.6 Å². The van der Waals surface area contributed by atoms with Gasteiger partial charge in [0.1, 0.15) is 4.60 Å². The Balaban J connectivity index is 2.94. The zero-order valence-electron chi connectivity index (χ0n) is 8.50. The van der Waals surface area contributed by atoms with Crippen LogP contribution < -0.4 is 0 Å². The first kappa shape index (κ1) is 11.3. The Labute approximate surface area is 94.1 Å². The van der Waals surface area contributed by atoms with E-state index in [0.717, 1.165) is 11.0 Å². The van der Waals surface area contributed by atoms with Gasteiger partial charge in [-0.1, -0.05) is 13.8 Å². The van der Waals surface area contributed by atoms with Crippen molar-refractivity contribution < 1.29 is 0 Å². The van der Waals surface area contributed by atoms with Crippen molar-refractivity contribution in [2.45, 2.75) is 26.2 Å². The number of pyridine rings is 1. The van der Waals surface area contributed by atoms with Crippen LogP contribution in [0.1, 0.15) is 31.7 Å². The van der Waals surface area contributed by atoms with E-state index < -0.39 is 0 Å². The Kier molecular flexibility index (Phi) is 4.16. The second kappa shape index (κ2) is 5.17. The smallest absolute Gasteiger partial charge is 0.106 e. The minimum atomic E-state index is 0.430. The van der Waals surface area contributed by atoms with E-state index in [1.54, 1.807) is 0 Å². The zero-order chi connectivity index (χ0) is 10.6. The van der Waals surface area contributed by atoms with Crippen molar-refractivity contribution in [3.05, 3.63) is 28.5 Å². The van der Waals surface area contributed by atoms with Gasteiger partial charge in [-0.05, 0) is 45.5 Å². The molecule has 1 aromatic heterocycles. The highest BCUT2D eigenvalue weighted by molar-refractivity contribution is 9.10. The van der Waals surface area contributed by atoms with Crippen molar-refractivity contribution in [3.63, 3.8) is 0 Å². The monoisotopic (exact) mass is 251 g/mol. The maximum Gasteiger partial charge on any atom is 0.106 e. The lowest BCUT2D eigenvalue weighted by Gasteiger charge is -2.18. The van der Waals surface area contributed by atoms with Crippen LogP contribution in [0.25, 0.3) is 0 Å². The quantitative estimate of drug-likeness (QED) is 0.591. The van der Waals surface area contributed by atoms with Gasteiger partial charge in [0.05, 0.1) is 0 Å². The summed E-state index contributed by atoms with van der Waals surface area (Å²) >= 11 is 3.37. The molecule has 0 aliphatic rings. The summed E-state index contributed by atoms with van der Waals surface area (Å²) in [6.45, 7) is 4.38. The molecule has 1 nitrogen and oxygen atoms in total. The molecule has 0 saturated carbocycles. The number of hydrogen-bond acceptors (Lipinski definition) is 1. The maximum atomic E-state index is 5.37. The second-order valence-corrected chi connectivity index (χ2v) is 4.48. The van der Waals surface area contributed by atoms with Gasteiger partial charge in [-0.2, -0.15) is 0 Å². The number of rotatable bonds is 3. The highest BCUT2D eigenvalue weighted by atomic mass is 79.9. The zero-order valence-corrected chi connectivity index (χ0v) is 10.1. The van der Waals surface area contributed by atoms with Gasteiger partial charge in [0.25, 0.3) is 0 Å². The third kappa shape index (κ3) is 2.85. The predicted molar refractivity (Wildman–Crippen MR) is 63.0 cm³/mol. The van der Waals surface area contributed by atoms with E-state index in [1.165, 1.54) is 5.56 Å². The summed E-state index contributed by atoms with van der Waals surface area (Å²) < 4.78 is 0.873. The van der Waals surface area contributed by atoms with Crippen LogP contribution in [0.15, 0.2) is 22.9 Å². The SMILES string of the molecule is C#CCC(c1ccnc(Br)c1)C(C)C. The Morgan fingerprint density at radius 2 is 2.29 bits per heavy atom. The molecule has 0 bridgehead atoms. The van der Waals surface area contributed by atoms with Crippen molar-refractivity contribution >= 4 is 15.9 Å². The average molecular weight is 252 g/mol. The van der Waals surface area contributed by atoms with Gasteiger partial charge in [0.2, 0.25) is 0 Å². The molecule has 1 rings (SSSR count). The molecule has 1 unspecified atom stereocenters. The van der Waals surface area contributed by atoms with Crippen LogP contribution in [0, 0.1) is 18.3 Å². The lowest BCUT2D eigenvalue weighted by atomic mass is 9.87. The number of aromatic nitrogens is 1. The molecule has 0 N–H and O–H groups in total. The number of hydrogen-bond donors (Lipinski definition) is 0. The minimum Gasteiger partial charge on any atom is -0.249 e. The third-order valence-corrected chi connectivity index (χ3v) is 2.75. The summed E-state index contributed by atoms with van der Waals surface area (Å²) in [5, 5.41) is 0. The Morgan fingerprint density at radius 3 is 2.79 bits per heavy atom. The molecule has 0 aliphatic heterocycles. The van der Waals surface area contributed by atoms with E-state index in [1.807, 2.05) is 18.3 Å². The fourth-order valence-electron chi connectivity index (χ4n) is 1.51. The van der Waals surface area contributed by atoms with E-state index in [9.17, 15) is 0 Å². The van der Waals surface area contributed by atoms with E-state index in [2.05, 4.69) is 40.7 Å². The molecular formula is C12H14BrN. The number of terminal acetylenes is 1. The van der Waals surface area contributed by atoms with Gasteiger partial charge in [-0.25, -0.2) is 4.98 Å². The van der Waals surface area contributed by atoms with Crippen LogP contribution in [0.3, 0.4) is 0 Å². The summed E-state index contributed by atoms with van der Waals surface area (Å²) in [6, 6.07) is 4.08. The van der Waals surface area contributed by atoms with Crippen LogP contribution in [-0.2, 0) is 0 Å². The van der Waals surface area contributed by atoms with Gasteiger partial charge in [-0.15, -0.1) is 12.3 Å². The van der Waals surface area contributed by atoms with Gasteiger partial charge < -0.3 is 0 Å². The normalized spacial score (nSPS) is 12.5. The molecule has 1 atom stereocenters. The summed E-state index contributed by atoms with van der Waals surface area (Å²) in [5.41, 5.74) is 1.26. The van der Waals surface area contributed by atoms with Crippen molar-refractivity contribution in [2.75, 3.05) is 0 Å². The predicted octanol–water partition coefficient (Wildman–Crippen LogP) is 3.61. The molecule has 0 fully saturated rings. The fourth-order valence-corrected chi connectivity index (χ4v) is 1.90. The molecule has 1 heterocycles. The van der Waals surface area contributed by atoms with Crippen molar-refractivity contribution in [2.24, 2.45) is 5.92 Å². The van der Waals surface area contributed by atoms with Crippen LogP contribution >= 0.6 is 15.9 Å². The first-order valence-electron chi connectivity index (χ1n) is 4.70. The van der Waals surface area contributed by atoms with Crippen molar-refractivity contribution in [1.29, 1.82) is 0 Å². The van der Waals surface area contributed by atoms with Crippen LogP contribution in [0.2, 0.25) is 0 Å². The number of nitrogens with zero attached hydrogens (tertiary/aromatic N) is 1. The summed E-state index contributed by atoms with van der Waals surface area (Å²) in [5.74, 6) is 3.72. The summed E-state index contributed by atoms with van der Waals surface area (Å²) in [6.07, 6.45) is 7.96. The van der Waals surface area contributed by atoms with Crippen LogP contribution in [0.5, 0.6) is 0 Å². The lowest BCUT2D eigenvalue weighted by Crippen LogP contribution is -2.06. The molecule has 0 aromatic carbocycles. The standard InChI is InChI=1S/C12H14BrN/c1-4-5-11(9(2)3)10-6-7-14-12(13)8-10/h1,6-9,11H,5H2,2-3H3. The molecule has 0 saturated heterocycles. The van der Waals surface area contributed by atoms with Gasteiger partial charge >= 0.3 is 0 Å². The molecule has 74 valence electrons. The Morgan fingerprint density at radius 1 is 1.57 bits per heavy atom. The van der Waals surface area contributed by atoms with Crippen molar-refractivity contribution in [1.82, 2.24) is 4.98 Å². The summed E-state index contributed by atoms with van der Waals surface area (Å²) in [4.78, 5) is 4.11. The largest absolute Gasteiger partial charge is 0.249 e. The Hall–Kier alpha value is -0.810.